The summed E-state index contributed by atoms with van der Waals surface area (Å²) in [6, 6.07) is 16.5. The monoisotopic (exact) mass is 308 g/mol. The van der Waals surface area contributed by atoms with Crippen molar-refractivity contribution in [3.05, 3.63) is 54.6 Å². The molecule has 1 N–H and O–H groups in total. The highest BCUT2D eigenvalue weighted by atomic mass is 16.5. The van der Waals surface area contributed by atoms with E-state index in [2.05, 4.69) is 10.2 Å². The fourth-order valence-electron chi connectivity index (χ4n) is 2.40. The first-order valence-electron chi connectivity index (χ1n) is 7.08. The van der Waals surface area contributed by atoms with E-state index in [0.717, 1.165) is 10.8 Å². The number of methoxy groups -OCH3 is 2. The number of benzene rings is 3. The van der Waals surface area contributed by atoms with Crippen molar-refractivity contribution in [2.75, 3.05) is 14.2 Å². The summed E-state index contributed by atoms with van der Waals surface area (Å²) >= 11 is 0. The molecule has 0 spiro atoms. The number of para-hydroxylation sites is 1. The second-order valence-corrected chi connectivity index (χ2v) is 4.87. The smallest absolute Gasteiger partial charge is 0.188 e. The molecule has 0 aromatic heterocycles. The summed E-state index contributed by atoms with van der Waals surface area (Å²) in [5.41, 5.74) is 0.951. The Kier molecular flexibility index (Phi) is 4.10. The number of phenols is 1. The number of azo groups is 1. The van der Waals surface area contributed by atoms with E-state index in [1.54, 1.807) is 38.5 Å². The van der Waals surface area contributed by atoms with Crippen molar-refractivity contribution in [3.63, 3.8) is 0 Å². The number of hydrogen-bond acceptors (Lipinski definition) is 5. The van der Waals surface area contributed by atoms with Crippen LogP contribution in [-0.2, 0) is 0 Å². The van der Waals surface area contributed by atoms with E-state index in [4.69, 9.17) is 9.47 Å². The maximum atomic E-state index is 10.1. The van der Waals surface area contributed by atoms with Gasteiger partial charge in [0, 0.05) is 5.39 Å². The fraction of sp³-hybridized carbons (Fsp3) is 0.111. The first-order valence-corrected chi connectivity index (χ1v) is 7.08. The van der Waals surface area contributed by atoms with Gasteiger partial charge in [-0.2, -0.15) is 0 Å². The van der Waals surface area contributed by atoms with Gasteiger partial charge in [0.15, 0.2) is 11.5 Å². The molecule has 0 saturated heterocycles. The predicted molar refractivity (Wildman–Crippen MR) is 89.3 cm³/mol. The molecule has 0 aliphatic carbocycles. The largest absolute Gasteiger partial charge is 0.506 e. The lowest BCUT2D eigenvalue weighted by Gasteiger charge is -2.09. The maximum Gasteiger partial charge on any atom is 0.188 e. The van der Waals surface area contributed by atoms with Gasteiger partial charge in [-0.25, -0.2) is 0 Å². The first-order chi connectivity index (χ1) is 11.2. The van der Waals surface area contributed by atoms with Gasteiger partial charge in [-0.05, 0) is 23.6 Å². The zero-order valence-corrected chi connectivity index (χ0v) is 12.9. The van der Waals surface area contributed by atoms with Gasteiger partial charge in [0.25, 0.3) is 0 Å². The number of hydrogen-bond donors (Lipinski definition) is 1. The molecule has 0 unspecified atom stereocenters. The van der Waals surface area contributed by atoms with Crippen LogP contribution in [0, 0.1) is 0 Å². The normalized spacial score (nSPS) is 11.0. The van der Waals surface area contributed by atoms with Crippen molar-refractivity contribution in [2.45, 2.75) is 0 Å². The molecule has 0 aliphatic rings. The lowest BCUT2D eigenvalue weighted by molar-refractivity contribution is 0.356. The third kappa shape index (κ3) is 2.81. The number of phenolic OH excluding ortho intramolecular Hbond substituents is 1. The number of nitrogens with zero attached hydrogens (tertiary/aromatic N) is 2. The molecule has 0 aliphatic heterocycles. The Morgan fingerprint density at radius 1 is 0.826 bits per heavy atom. The number of rotatable bonds is 4. The lowest BCUT2D eigenvalue weighted by atomic mass is 10.1. The van der Waals surface area contributed by atoms with E-state index in [1.165, 1.54) is 0 Å². The van der Waals surface area contributed by atoms with Crippen LogP contribution in [0.3, 0.4) is 0 Å². The molecule has 0 radical (unpaired) electrons. The average molecular weight is 308 g/mol. The summed E-state index contributed by atoms with van der Waals surface area (Å²) in [5, 5.41) is 20.4. The Hall–Kier alpha value is -3.08. The van der Waals surface area contributed by atoms with Crippen LogP contribution in [0.25, 0.3) is 10.8 Å². The Morgan fingerprint density at radius 3 is 2.43 bits per heavy atom. The number of aromatic hydroxyl groups is 1. The summed E-state index contributed by atoms with van der Waals surface area (Å²) in [4.78, 5) is 0. The molecular formula is C18H16N2O3. The zero-order chi connectivity index (χ0) is 16.2. The molecule has 3 aromatic carbocycles. The van der Waals surface area contributed by atoms with Crippen LogP contribution in [0.2, 0.25) is 0 Å². The van der Waals surface area contributed by atoms with E-state index >= 15 is 0 Å². The van der Waals surface area contributed by atoms with Crippen LogP contribution in [0.4, 0.5) is 11.4 Å². The number of fused-ring (bicyclic) bond motifs is 1. The van der Waals surface area contributed by atoms with Crippen molar-refractivity contribution >= 4 is 22.1 Å². The molecule has 23 heavy (non-hydrogen) atoms. The minimum atomic E-state index is 0.0781. The first kappa shape index (κ1) is 14.8. The van der Waals surface area contributed by atoms with Gasteiger partial charge in [-0.3, -0.25) is 0 Å². The minimum Gasteiger partial charge on any atom is -0.506 e. The summed E-state index contributed by atoms with van der Waals surface area (Å²) in [6.45, 7) is 0. The van der Waals surface area contributed by atoms with Crippen molar-refractivity contribution in [3.8, 4) is 17.2 Å². The van der Waals surface area contributed by atoms with Gasteiger partial charge >= 0.3 is 0 Å². The van der Waals surface area contributed by atoms with E-state index in [0.29, 0.717) is 22.9 Å². The molecule has 0 atom stereocenters. The van der Waals surface area contributed by atoms with Crippen molar-refractivity contribution in [1.29, 1.82) is 0 Å². The minimum absolute atomic E-state index is 0.0781. The molecule has 0 bridgehead atoms. The maximum absolute atomic E-state index is 10.1. The molecule has 5 nitrogen and oxygen atoms in total. The standard InChI is InChI=1S/C18H16N2O3/c1-22-16-9-5-8-14(18(16)23-2)19-20-17-13-7-4-3-6-12(13)10-11-15(17)21/h3-11,21H,1-2H3. The summed E-state index contributed by atoms with van der Waals surface area (Å²) in [5.74, 6) is 1.15. The quantitative estimate of drug-likeness (QED) is 0.691. The topological polar surface area (TPSA) is 63.4 Å². The van der Waals surface area contributed by atoms with Gasteiger partial charge in [-0.15, -0.1) is 10.2 Å². The van der Waals surface area contributed by atoms with Gasteiger partial charge in [0.2, 0.25) is 0 Å². The molecule has 3 aromatic rings. The predicted octanol–water partition coefficient (Wildman–Crippen LogP) is 4.98. The highest BCUT2D eigenvalue weighted by Crippen LogP contribution is 2.40. The SMILES string of the molecule is COc1cccc(N=Nc2c(O)ccc3ccccc23)c1OC. The Morgan fingerprint density at radius 2 is 1.65 bits per heavy atom. The van der Waals surface area contributed by atoms with Crippen LogP contribution >= 0.6 is 0 Å². The molecule has 0 amide bonds. The summed E-state index contributed by atoms with van der Waals surface area (Å²) < 4.78 is 10.6. The third-order valence-corrected chi connectivity index (χ3v) is 3.52. The number of ether oxygens (including phenoxy) is 2. The van der Waals surface area contributed by atoms with Crippen LogP contribution in [0.15, 0.2) is 64.8 Å². The van der Waals surface area contributed by atoms with Crippen LogP contribution in [0.5, 0.6) is 17.2 Å². The third-order valence-electron chi connectivity index (χ3n) is 3.52. The highest BCUT2D eigenvalue weighted by Gasteiger charge is 2.10. The van der Waals surface area contributed by atoms with Crippen molar-refractivity contribution in [2.24, 2.45) is 10.2 Å². The summed E-state index contributed by atoms with van der Waals surface area (Å²) in [7, 11) is 3.11. The van der Waals surface area contributed by atoms with E-state index in [-0.39, 0.29) is 5.75 Å². The second-order valence-electron chi connectivity index (χ2n) is 4.87. The van der Waals surface area contributed by atoms with Gasteiger partial charge in [0.1, 0.15) is 17.1 Å². The molecule has 116 valence electrons. The van der Waals surface area contributed by atoms with Crippen LogP contribution in [-0.4, -0.2) is 19.3 Å². The molecule has 0 saturated carbocycles. The van der Waals surface area contributed by atoms with Gasteiger partial charge in [0.05, 0.1) is 14.2 Å². The van der Waals surface area contributed by atoms with E-state index in [1.807, 2.05) is 30.3 Å². The Bertz CT molecular complexity index is 875. The van der Waals surface area contributed by atoms with Crippen molar-refractivity contribution < 1.29 is 14.6 Å². The lowest BCUT2D eigenvalue weighted by Crippen LogP contribution is -1.89. The van der Waals surface area contributed by atoms with Gasteiger partial charge < -0.3 is 14.6 Å². The molecule has 0 fully saturated rings. The molecule has 0 heterocycles. The fourth-order valence-corrected chi connectivity index (χ4v) is 2.40. The Labute approximate surface area is 133 Å². The van der Waals surface area contributed by atoms with Crippen LogP contribution < -0.4 is 9.47 Å². The second kappa shape index (κ2) is 6.36. The molecule has 5 heteroatoms. The molecular weight excluding hydrogens is 292 g/mol. The Balaban J connectivity index is 2.09. The van der Waals surface area contributed by atoms with Crippen LogP contribution in [0.1, 0.15) is 0 Å². The van der Waals surface area contributed by atoms with E-state index < -0.39 is 0 Å². The zero-order valence-electron chi connectivity index (χ0n) is 12.9. The average Bonchev–Trinajstić information content (AvgIpc) is 2.60. The highest BCUT2D eigenvalue weighted by molar-refractivity contribution is 5.95. The summed E-state index contributed by atoms with van der Waals surface area (Å²) in [6.07, 6.45) is 0. The van der Waals surface area contributed by atoms with E-state index in [9.17, 15) is 5.11 Å². The van der Waals surface area contributed by atoms with Crippen molar-refractivity contribution in [1.82, 2.24) is 0 Å². The van der Waals surface area contributed by atoms with Gasteiger partial charge in [-0.1, -0.05) is 36.4 Å². The molecule has 3 rings (SSSR count).